The van der Waals surface area contributed by atoms with Crippen LogP contribution in [0.4, 0.5) is 0 Å². The van der Waals surface area contributed by atoms with E-state index in [-0.39, 0.29) is 0 Å². The van der Waals surface area contributed by atoms with Gasteiger partial charge in [-0.3, -0.25) is 4.98 Å². The van der Waals surface area contributed by atoms with Crippen LogP contribution in [0.3, 0.4) is 0 Å². The zero-order valence-corrected chi connectivity index (χ0v) is 8.51. The van der Waals surface area contributed by atoms with E-state index in [1.165, 1.54) is 0 Å². The first kappa shape index (κ1) is 9.87. The highest BCUT2D eigenvalue weighted by Crippen LogP contribution is 2.18. The predicted octanol–water partition coefficient (Wildman–Crippen LogP) is 2.60. The number of benzene rings is 1. The quantitative estimate of drug-likeness (QED) is 0.804. The minimum absolute atomic E-state index is 0.445. The maximum absolute atomic E-state index is 9.35. The second-order valence-corrected chi connectivity index (χ2v) is 3.43. The number of hydrogen-bond donors (Lipinski definition) is 1. The lowest BCUT2D eigenvalue weighted by Crippen LogP contribution is -1.90. The molecule has 0 fully saturated rings. The highest BCUT2D eigenvalue weighted by molar-refractivity contribution is 5.58. The average Bonchev–Trinajstić information content (AvgIpc) is 2.30. The van der Waals surface area contributed by atoms with Crippen molar-refractivity contribution in [2.24, 2.45) is 0 Å². The Labute approximate surface area is 89.2 Å². The standard InChI is InChI=1S/C13H12NO/c1-10(15)11-5-7-12(8-6-11)13-4-2-3-9-14-13/h2-7,9-10,15H,1H3. The predicted molar refractivity (Wildman–Crippen MR) is 59.1 cm³/mol. The molecule has 0 aliphatic carbocycles. The van der Waals surface area contributed by atoms with Crippen LogP contribution >= 0.6 is 0 Å². The third kappa shape index (κ3) is 2.22. The van der Waals surface area contributed by atoms with Crippen molar-refractivity contribution in [1.29, 1.82) is 0 Å². The van der Waals surface area contributed by atoms with Crippen molar-refractivity contribution in [2.75, 3.05) is 0 Å². The maximum atomic E-state index is 9.35. The lowest BCUT2D eigenvalue weighted by Gasteiger charge is -2.05. The number of pyridine rings is 1. The molecule has 1 atom stereocenters. The molecule has 1 N–H and O–H groups in total. The van der Waals surface area contributed by atoms with Crippen LogP contribution in [0.25, 0.3) is 11.3 Å². The van der Waals surface area contributed by atoms with Gasteiger partial charge >= 0.3 is 0 Å². The Morgan fingerprint density at radius 2 is 2.13 bits per heavy atom. The molecule has 1 aromatic carbocycles. The largest absolute Gasteiger partial charge is 0.389 e. The number of aliphatic hydroxyl groups is 1. The van der Waals surface area contributed by atoms with Crippen LogP contribution < -0.4 is 0 Å². The fourth-order valence-corrected chi connectivity index (χ4v) is 1.38. The molecule has 2 nitrogen and oxygen atoms in total. The summed E-state index contributed by atoms with van der Waals surface area (Å²) < 4.78 is 0. The van der Waals surface area contributed by atoms with Gasteiger partial charge in [0.1, 0.15) is 0 Å². The second kappa shape index (κ2) is 4.24. The Kier molecular flexibility index (Phi) is 2.79. The molecule has 2 heteroatoms. The highest BCUT2D eigenvalue weighted by atomic mass is 16.3. The van der Waals surface area contributed by atoms with Crippen molar-refractivity contribution in [1.82, 2.24) is 4.98 Å². The molecule has 15 heavy (non-hydrogen) atoms. The topological polar surface area (TPSA) is 33.1 Å². The number of hydrogen-bond acceptors (Lipinski definition) is 2. The Morgan fingerprint density at radius 3 is 2.67 bits per heavy atom. The van der Waals surface area contributed by atoms with Crippen molar-refractivity contribution in [3.63, 3.8) is 0 Å². The SMILES string of the molecule is CC(O)c1c[c]c(-c2ccccn2)cc1. The minimum atomic E-state index is -0.445. The van der Waals surface area contributed by atoms with Crippen molar-refractivity contribution in [3.05, 3.63) is 54.2 Å². The lowest BCUT2D eigenvalue weighted by molar-refractivity contribution is 0.199. The summed E-state index contributed by atoms with van der Waals surface area (Å²) >= 11 is 0. The molecule has 0 aliphatic heterocycles. The first-order valence-corrected chi connectivity index (χ1v) is 4.88. The van der Waals surface area contributed by atoms with Gasteiger partial charge in [-0.05, 0) is 36.8 Å². The number of aromatic nitrogens is 1. The molecule has 1 aromatic heterocycles. The highest BCUT2D eigenvalue weighted by Gasteiger charge is 2.02. The van der Waals surface area contributed by atoms with Crippen LogP contribution in [0.2, 0.25) is 0 Å². The van der Waals surface area contributed by atoms with E-state index in [9.17, 15) is 5.11 Å². The summed E-state index contributed by atoms with van der Waals surface area (Å²) in [6.45, 7) is 1.74. The molecule has 0 saturated heterocycles. The van der Waals surface area contributed by atoms with Gasteiger partial charge in [0.25, 0.3) is 0 Å². The van der Waals surface area contributed by atoms with Gasteiger partial charge in [0.05, 0.1) is 11.8 Å². The van der Waals surface area contributed by atoms with Gasteiger partial charge in [0, 0.05) is 11.8 Å². The molecule has 1 unspecified atom stereocenters. The van der Waals surface area contributed by atoms with Crippen LogP contribution in [0.15, 0.2) is 42.6 Å². The second-order valence-electron chi connectivity index (χ2n) is 3.43. The first-order valence-electron chi connectivity index (χ1n) is 4.88. The van der Waals surface area contributed by atoms with Gasteiger partial charge in [0.15, 0.2) is 0 Å². The van der Waals surface area contributed by atoms with Gasteiger partial charge in [-0.1, -0.05) is 18.2 Å². The van der Waals surface area contributed by atoms with Crippen LogP contribution in [0.5, 0.6) is 0 Å². The van der Waals surface area contributed by atoms with Crippen LogP contribution in [0.1, 0.15) is 18.6 Å². The fraction of sp³-hybridized carbons (Fsp3) is 0.154. The van der Waals surface area contributed by atoms with Gasteiger partial charge in [-0.2, -0.15) is 0 Å². The van der Waals surface area contributed by atoms with Gasteiger partial charge in [0.2, 0.25) is 0 Å². The molecule has 2 aromatic rings. The molecule has 0 saturated carbocycles. The van der Waals surface area contributed by atoms with E-state index in [4.69, 9.17) is 0 Å². The molecule has 1 heterocycles. The van der Waals surface area contributed by atoms with Crippen molar-refractivity contribution in [3.8, 4) is 11.3 Å². The van der Waals surface area contributed by atoms with Crippen LogP contribution in [0, 0.1) is 6.07 Å². The van der Waals surface area contributed by atoms with Crippen molar-refractivity contribution in [2.45, 2.75) is 13.0 Å². The van der Waals surface area contributed by atoms with Gasteiger partial charge in [-0.25, -0.2) is 0 Å². The summed E-state index contributed by atoms with van der Waals surface area (Å²) in [5, 5.41) is 9.35. The Bertz CT molecular complexity index is 420. The Hall–Kier alpha value is -1.67. The minimum Gasteiger partial charge on any atom is -0.389 e. The first-order chi connectivity index (χ1) is 7.27. The van der Waals surface area contributed by atoms with E-state index < -0.39 is 6.10 Å². The van der Waals surface area contributed by atoms with E-state index in [2.05, 4.69) is 11.1 Å². The normalized spacial score (nSPS) is 12.4. The smallest absolute Gasteiger partial charge is 0.0762 e. The number of rotatable bonds is 2. The van der Waals surface area contributed by atoms with Gasteiger partial charge < -0.3 is 5.11 Å². The summed E-state index contributed by atoms with van der Waals surface area (Å²) in [6, 6.07) is 14.5. The molecule has 2 rings (SSSR count). The third-order valence-electron chi connectivity index (χ3n) is 2.26. The zero-order valence-electron chi connectivity index (χ0n) is 8.51. The van der Waals surface area contributed by atoms with Crippen LogP contribution in [-0.2, 0) is 0 Å². The summed E-state index contributed by atoms with van der Waals surface area (Å²) in [5.74, 6) is 0. The number of aliphatic hydroxyl groups excluding tert-OH is 1. The van der Waals surface area contributed by atoms with Gasteiger partial charge in [-0.15, -0.1) is 0 Å². The summed E-state index contributed by atoms with van der Waals surface area (Å²) in [7, 11) is 0. The van der Waals surface area contributed by atoms with E-state index in [1.807, 2.05) is 30.3 Å². The molecular formula is C13H12NO. The Balaban J connectivity index is 2.32. The van der Waals surface area contributed by atoms with E-state index in [1.54, 1.807) is 19.2 Å². The van der Waals surface area contributed by atoms with Crippen LogP contribution in [-0.4, -0.2) is 10.1 Å². The number of nitrogens with zero attached hydrogens (tertiary/aromatic N) is 1. The molecule has 0 amide bonds. The summed E-state index contributed by atoms with van der Waals surface area (Å²) in [4.78, 5) is 4.23. The zero-order chi connectivity index (χ0) is 10.7. The maximum Gasteiger partial charge on any atom is 0.0762 e. The average molecular weight is 198 g/mol. The molecular weight excluding hydrogens is 186 g/mol. The lowest BCUT2D eigenvalue weighted by atomic mass is 10.1. The summed E-state index contributed by atoms with van der Waals surface area (Å²) in [5.41, 5.74) is 2.71. The molecule has 0 aliphatic rings. The molecule has 0 spiro atoms. The summed E-state index contributed by atoms with van der Waals surface area (Å²) in [6.07, 6.45) is 1.31. The molecule has 0 bridgehead atoms. The Morgan fingerprint density at radius 1 is 1.27 bits per heavy atom. The van der Waals surface area contributed by atoms with E-state index >= 15 is 0 Å². The molecule has 75 valence electrons. The van der Waals surface area contributed by atoms with Crippen molar-refractivity contribution < 1.29 is 5.11 Å². The monoisotopic (exact) mass is 198 g/mol. The molecule has 1 radical (unpaired) electrons. The van der Waals surface area contributed by atoms with E-state index in [0.29, 0.717) is 0 Å². The van der Waals surface area contributed by atoms with Crippen molar-refractivity contribution >= 4 is 0 Å². The van der Waals surface area contributed by atoms with E-state index in [0.717, 1.165) is 16.8 Å². The fourth-order valence-electron chi connectivity index (χ4n) is 1.38. The third-order valence-corrected chi connectivity index (χ3v) is 2.26.